The Morgan fingerprint density at radius 2 is 1.81 bits per heavy atom. The third-order valence-electron chi connectivity index (χ3n) is 2.19. The Hall–Kier alpha value is -2.09. The molecule has 0 atom stereocenters. The minimum absolute atomic E-state index is 0.0198. The van der Waals surface area contributed by atoms with Crippen molar-refractivity contribution in [3.8, 4) is 0 Å². The molecule has 0 fully saturated rings. The Kier molecular flexibility index (Phi) is 3.34. The Bertz CT molecular complexity index is 407. The lowest BCUT2D eigenvalue weighted by Gasteiger charge is -2.04. The molecule has 0 aliphatic rings. The van der Waals surface area contributed by atoms with E-state index in [0.717, 1.165) is 5.56 Å². The lowest BCUT2D eigenvalue weighted by atomic mass is 10.1. The van der Waals surface area contributed by atoms with Crippen LogP contribution in [-0.4, -0.2) is 5.91 Å². The van der Waals surface area contributed by atoms with E-state index in [2.05, 4.69) is 11.4 Å². The Morgan fingerprint density at radius 1 is 1.06 bits per heavy atom. The Labute approximate surface area is 94.9 Å². The van der Waals surface area contributed by atoms with E-state index < -0.39 is 0 Å². The zero-order valence-corrected chi connectivity index (χ0v) is 8.81. The maximum Gasteiger partial charge on any atom is 0.228 e. The molecule has 0 heterocycles. The van der Waals surface area contributed by atoms with Crippen LogP contribution < -0.4 is 5.32 Å². The second-order valence-corrected chi connectivity index (χ2v) is 3.49. The van der Waals surface area contributed by atoms with Crippen molar-refractivity contribution >= 4 is 11.6 Å². The van der Waals surface area contributed by atoms with Crippen LogP contribution in [0.25, 0.3) is 0 Å². The lowest BCUT2D eigenvalue weighted by molar-refractivity contribution is -0.115. The number of amides is 1. The standard InChI is InChI=1S/C14H12NO/c16-14(11-12-7-3-1-4-8-12)15-13-9-5-2-6-10-13/h1-9H,11H2,(H,15,16). The van der Waals surface area contributed by atoms with Crippen LogP contribution in [0.2, 0.25) is 0 Å². The van der Waals surface area contributed by atoms with E-state index in [1.54, 1.807) is 6.07 Å². The molecule has 0 unspecified atom stereocenters. The first-order valence-electron chi connectivity index (χ1n) is 5.15. The van der Waals surface area contributed by atoms with E-state index in [0.29, 0.717) is 12.1 Å². The molecule has 1 radical (unpaired) electrons. The van der Waals surface area contributed by atoms with Crippen molar-refractivity contribution < 1.29 is 4.79 Å². The van der Waals surface area contributed by atoms with Crippen molar-refractivity contribution in [2.75, 3.05) is 5.32 Å². The first-order chi connectivity index (χ1) is 7.84. The number of nitrogens with one attached hydrogen (secondary N) is 1. The molecule has 1 N–H and O–H groups in total. The summed E-state index contributed by atoms with van der Waals surface area (Å²) in [6, 6.07) is 20.0. The van der Waals surface area contributed by atoms with Gasteiger partial charge in [0.1, 0.15) is 0 Å². The first kappa shape index (κ1) is 10.4. The second-order valence-electron chi connectivity index (χ2n) is 3.49. The summed E-state index contributed by atoms with van der Waals surface area (Å²) in [4.78, 5) is 11.7. The number of benzene rings is 2. The molecular formula is C14H12NO. The van der Waals surface area contributed by atoms with Gasteiger partial charge in [0.25, 0.3) is 0 Å². The van der Waals surface area contributed by atoms with Crippen LogP contribution in [0.4, 0.5) is 5.69 Å². The third-order valence-corrected chi connectivity index (χ3v) is 2.19. The number of rotatable bonds is 3. The topological polar surface area (TPSA) is 29.1 Å². The SMILES string of the molecule is O=C(Cc1ccccc1)Nc1[c]cccc1. The summed E-state index contributed by atoms with van der Waals surface area (Å²) >= 11 is 0. The van der Waals surface area contributed by atoms with E-state index in [1.165, 1.54) is 0 Å². The summed E-state index contributed by atoms with van der Waals surface area (Å²) in [5, 5.41) is 2.80. The molecule has 0 spiro atoms. The smallest absolute Gasteiger partial charge is 0.228 e. The molecule has 2 nitrogen and oxygen atoms in total. The minimum Gasteiger partial charge on any atom is -0.325 e. The van der Waals surface area contributed by atoms with Gasteiger partial charge in [0.2, 0.25) is 5.91 Å². The molecule has 2 rings (SSSR count). The average molecular weight is 210 g/mol. The van der Waals surface area contributed by atoms with Crippen molar-refractivity contribution in [1.29, 1.82) is 0 Å². The van der Waals surface area contributed by atoms with Crippen molar-refractivity contribution in [3.05, 3.63) is 66.2 Å². The van der Waals surface area contributed by atoms with Gasteiger partial charge in [-0.15, -0.1) is 0 Å². The van der Waals surface area contributed by atoms with Gasteiger partial charge in [-0.3, -0.25) is 4.79 Å². The predicted molar refractivity (Wildman–Crippen MR) is 64.1 cm³/mol. The minimum atomic E-state index is -0.0198. The molecule has 79 valence electrons. The van der Waals surface area contributed by atoms with Crippen LogP contribution in [0.5, 0.6) is 0 Å². The maximum absolute atomic E-state index is 11.7. The van der Waals surface area contributed by atoms with Gasteiger partial charge in [0.15, 0.2) is 0 Å². The zero-order valence-electron chi connectivity index (χ0n) is 8.81. The highest BCUT2D eigenvalue weighted by molar-refractivity contribution is 5.92. The van der Waals surface area contributed by atoms with Crippen LogP contribution in [0, 0.1) is 6.07 Å². The molecular weight excluding hydrogens is 198 g/mol. The van der Waals surface area contributed by atoms with Crippen LogP contribution >= 0.6 is 0 Å². The third kappa shape index (κ3) is 2.95. The predicted octanol–water partition coefficient (Wildman–Crippen LogP) is 2.67. The lowest BCUT2D eigenvalue weighted by Crippen LogP contribution is -2.14. The fourth-order valence-corrected chi connectivity index (χ4v) is 1.45. The van der Waals surface area contributed by atoms with Crippen molar-refractivity contribution in [1.82, 2.24) is 0 Å². The molecule has 0 aromatic heterocycles. The van der Waals surface area contributed by atoms with Crippen LogP contribution in [0.1, 0.15) is 5.56 Å². The largest absolute Gasteiger partial charge is 0.325 e. The second kappa shape index (κ2) is 5.12. The van der Waals surface area contributed by atoms with Crippen LogP contribution in [0.15, 0.2) is 54.6 Å². The van der Waals surface area contributed by atoms with Crippen LogP contribution in [0.3, 0.4) is 0 Å². The molecule has 2 aromatic rings. The normalized spacial score (nSPS) is 9.75. The molecule has 2 heteroatoms. The molecule has 2 aromatic carbocycles. The summed E-state index contributed by atoms with van der Waals surface area (Å²) < 4.78 is 0. The number of hydrogen-bond donors (Lipinski definition) is 1. The fourth-order valence-electron chi connectivity index (χ4n) is 1.45. The van der Waals surface area contributed by atoms with Gasteiger partial charge in [0.05, 0.1) is 6.42 Å². The Balaban J connectivity index is 1.95. The van der Waals surface area contributed by atoms with E-state index in [-0.39, 0.29) is 5.91 Å². The van der Waals surface area contributed by atoms with Crippen LogP contribution in [-0.2, 0) is 11.2 Å². The van der Waals surface area contributed by atoms with Gasteiger partial charge in [-0.25, -0.2) is 0 Å². The van der Waals surface area contributed by atoms with Gasteiger partial charge < -0.3 is 5.32 Å². The molecule has 0 bridgehead atoms. The van der Waals surface area contributed by atoms with Crippen molar-refractivity contribution in [2.45, 2.75) is 6.42 Å². The van der Waals surface area contributed by atoms with Gasteiger partial charge in [0, 0.05) is 11.8 Å². The molecule has 0 saturated carbocycles. The van der Waals surface area contributed by atoms with E-state index >= 15 is 0 Å². The molecule has 0 aliphatic heterocycles. The number of carbonyl (C=O) groups is 1. The van der Waals surface area contributed by atoms with E-state index in [9.17, 15) is 4.79 Å². The fraction of sp³-hybridized carbons (Fsp3) is 0.0714. The number of anilines is 1. The van der Waals surface area contributed by atoms with Crippen molar-refractivity contribution in [2.24, 2.45) is 0 Å². The van der Waals surface area contributed by atoms with Gasteiger partial charge in [-0.05, 0) is 11.6 Å². The summed E-state index contributed by atoms with van der Waals surface area (Å²) in [7, 11) is 0. The molecule has 1 amide bonds. The van der Waals surface area contributed by atoms with Gasteiger partial charge in [-0.2, -0.15) is 0 Å². The quantitative estimate of drug-likeness (QED) is 0.829. The molecule has 0 saturated heterocycles. The average Bonchev–Trinajstić information content (AvgIpc) is 2.31. The molecule has 16 heavy (non-hydrogen) atoms. The number of hydrogen-bond acceptors (Lipinski definition) is 1. The summed E-state index contributed by atoms with van der Waals surface area (Å²) in [5.41, 5.74) is 1.72. The molecule has 0 aliphatic carbocycles. The van der Waals surface area contributed by atoms with Gasteiger partial charge in [-0.1, -0.05) is 48.5 Å². The number of carbonyl (C=O) groups excluding carboxylic acids is 1. The highest BCUT2D eigenvalue weighted by Gasteiger charge is 2.02. The maximum atomic E-state index is 11.7. The summed E-state index contributed by atoms with van der Waals surface area (Å²) in [5.74, 6) is -0.0198. The van der Waals surface area contributed by atoms with Gasteiger partial charge >= 0.3 is 0 Å². The first-order valence-corrected chi connectivity index (χ1v) is 5.15. The highest BCUT2D eigenvalue weighted by atomic mass is 16.1. The van der Waals surface area contributed by atoms with E-state index in [4.69, 9.17) is 0 Å². The Morgan fingerprint density at radius 3 is 2.50 bits per heavy atom. The monoisotopic (exact) mass is 210 g/mol. The zero-order chi connectivity index (χ0) is 11.2. The summed E-state index contributed by atoms with van der Waals surface area (Å²) in [6.07, 6.45) is 0.392. The summed E-state index contributed by atoms with van der Waals surface area (Å²) in [6.45, 7) is 0. The number of para-hydroxylation sites is 1. The van der Waals surface area contributed by atoms with E-state index in [1.807, 2.05) is 48.5 Å². The van der Waals surface area contributed by atoms with Crippen molar-refractivity contribution in [3.63, 3.8) is 0 Å². The highest BCUT2D eigenvalue weighted by Crippen LogP contribution is 2.06.